The van der Waals surface area contributed by atoms with Gasteiger partial charge in [0, 0.05) is 5.75 Å². The van der Waals surface area contributed by atoms with Crippen LogP contribution >= 0.6 is 0 Å². The van der Waals surface area contributed by atoms with Gasteiger partial charge in [0.05, 0.1) is 0 Å². The normalized spacial score (nSPS) is 18.5. The average Bonchev–Trinajstić information content (AvgIpc) is 1.21. The van der Waals surface area contributed by atoms with Crippen LogP contribution in [-0.4, -0.2) is 14.5 Å². The van der Waals surface area contributed by atoms with Crippen molar-refractivity contribution in [3.63, 3.8) is 0 Å². The van der Waals surface area contributed by atoms with Gasteiger partial charge in [-0.1, -0.05) is 13.8 Å². The van der Waals surface area contributed by atoms with Crippen molar-refractivity contribution in [2.75, 3.05) is 5.75 Å². The second kappa shape index (κ2) is 2.75. The largest absolute Gasteiger partial charge is 0.769 e. The molecule has 0 aromatic heterocycles. The molecule has 0 aromatic carbocycles. The number of hydrogen-bond donors (Lipinski definition) is 0. The molecule has 0 rings (SSSR count). The van der Waals surface area contributed by atoms with Gasteiger partial charge in [-0.05, 0) is 25.9 Å². The molecule has 2 nitrogen and oxygen atoms in total. The second-order valence-corrected chi connectivity index (χ2v) is 5.09. The first-order valence-corrected chi connectivity index (χ1v) is 4.93. The second-order valence-electron chi connectivity index (χ2n) is 2.12. The van der Waals surface area contributed by atoms with E-state index in [1.807, 2.05) is 13.8 Å². The first-order chi connectivity index (χ1) is 3.42. The molecule has 0 radical (unpaired) electrons. The lowest BCUT2D eigenvalue weighted by atomic mass is 10.3. The molecule has 1 unspecified atom stereocenters. The Balaban J connectivity index is 3.75. The zero-order chi connectivity index (χ0) is 6.78. The van der Waals surface area contributed by atoms with Crippen LogP contribution in [0, 0.1) is 5.92 Å². The SMILES string of the molecule is CC(C)CS(=O)([O-])=S. The topological polar surface area (TPSA) is 40.1 Å². The third kappa shape index (κ3) is 6.33. The Morgan fingerprint density at radius 2 is 2.12 bits per heavy atom. The van der Waals surface area contributed by atoms with Crippen molar-refractivity contribution in [3.8, 4) is 0 Å². The van der Waals surface area contributed by atoms with Crippen LogP contribution in [0.4, 0.5) is 0 Å². The van der Waals surface area contributed by atoms with Gasteiger partial charge in [-0.25, -0.2) is 0 Å². The van der Waals surface area contributed by atoms with E-state index in [1.54, 1.807) is 0 Å². The van der Waals surface area contributed by atoms with Gasteiger partial charge in [0.1, 0.15) is 0 Å². The molecule has 0 aromatic rings. The molecule has 0 saturated carbocycles. The lowest BCUT2D eigenvalue weighted by molar-refractivity contribution is 0.524. The molecule has 8 heavy (non-hydrogen) atoms. The third-order valence-corrected chi connectivity index (χ3v) is 2.02. The van der Waals surface area contributed by atoms with Crippen LogP contribution < -0.4 is 0 Å². The first kappa shape index (κ1) is 8.33. The summed E-state index contributed by atoms with van der Waals surface area (Å²) in [5.74, 6) is 0.264. The maximum atomic E-state index is 10.3. The van der Waals surface area contributed by atoms with Gasteiger partial charge < -0.3 is 4.55 Å². The third-order valence-electron chi connectivity index (χ3n) is 0.537. The average molecular weight is 153 g/mol. The van der Waals surface area contributed by atoms with Crippen LogP contribution in [0.15, 0.2) is 0 Å². The molecule has 0 spiro atoms. The van der Waals surface area contributed by atoms with Crippen molar-refractivity contribution >= 4 is 20.0 Å². The van der Waals surface area contributed by atoms with Crippen molar-refractivity contribution in [2.24, 2.45) is 5.92 Å². The Morgan fingerprint density at radius 3 is 2.12 bits per heavy atom. The van der Waals surface area contributed by atoms with E-state index < -0.39 is 8.77 Å². The predicted octanol–water partition coefficient (Wildman–Crippen LogP) is 0.519. The Hall–Kier alpha value is 0.330. The molecule has 0 heterocycles. The molecule has 0 aliphatic rings. The number of rotatable bonds is 2. The summed E-state index contributed by atoms with van der Waals surface area (Å²) < 4.78 is 20.5. The maximum absolute atomic E-state index is 10.3. The fourth-order valence-electron chi connectivity index (χ4n) is 0.408. The van der Waals surface area contributed by atoms with Crippen molar-refractivity contribution in [2.45, 2.75) is 13.8 Å². The molecule has 0 aliphatic heterocycles. The van der Waals surface area contributed by atoms with Crippen LogP contribution in [0.3, 0.4) is 0 Å². The van der Waals surface area contributed by atoms with Gasteiger partial charge in [0.25, 0.3) is 0 Å². The van der Waals surface area contributed by atoms with Gasteiger partial charge in [-0.2, -0.15) is 0 Å². The molecule has 0 bridgehead atoms. The molecule has 4 heteroatoms. The summed E-state index contributed by atoms with van der Waals surface area (Å²) in [6.07, 6.45) is 0. The molecular formula is C4H9O2S2-. The Bertz CT molecular complexity index is 145. The molecule has 0 fully saturated rings. The van der Waals surface area contributed by atoms with E-state index in [-0.39, 0.29) is 11.7 Å². The van der Waals surface area contributed by atoms with E-state index in [1.165, 1.54) is 0 Å². The van der Waals surface area contributed by atoms with Crippen LogP contribution in [-0.2, 0) is 20.0 Å². The quantitative estimate of drug-likeness (QED) is 0.580. The zero-order valence-corrected chi connectivity index (χ0v) is 6.55. The molecule has 0 N–H and O–H groups in total. The minimum atomic E-state index is -3.14. The Morgan fingerprint density at radius 1 is 1.75 bits per heavy atom. The Kier molecular flexibility index (Phi) is 2.87. The highest BCUT2D eigenvalue weighted by Crippen LogP contribution is 1.95. The highest BCUT2D eigenvalue weighted by molar-refractivity contribution is 8.29. The summed E-state index contributed by atoms with van der Waals surface area (Å²) in [5, 5.41) is 0. The number of hydrogen-bond acceptors (Lipinski definition) is 3. The van der Waals surface area contributed by atoms with Gasteiger partial charge >= 0.3 is 0 Å². The van der Waals surface area contributed by atoms with Crippen molar-refractivity contribution < 1.29 is 8.76 Å². The van der Waals surface area contributed by atoms with Crippen molar-refractivity contribution in [1.82, 2.24) is 0 Å². The van der Waals surface area contributed by atoms with E-state index >= 15 is 0 Å². The Labute approximate surface area is 54.8 Å². The maximum Gasteiger partial charge on any atom is 0.0158 e. The summed E-state index contributed by atoms with van der Waals surface area (Å²) in [4.78, 5) is 0. The molecular weight excluding hydrogens is 144 g/mol. The molecule has 1 atom stereocenters. The fraction of sp³-hybridized carbons (Fsp3) is 1.00. The van der Waals surface area contributed by atoms with Crippen molar-refractivity contribution in [3.05, 3.63) is 0 Å². The fourth-order valence-corrected chi connectivity index (χ4v) is 2.04. The van der Waals surface area contributed by atoms with Crippen LogP contribution in [0.2, 0.25) is 0 Å². The van der Waals surface area contributed by atoms with E-state index in [0.29, 0.717) is 0 Å². The van der Waals surface area contributed by atoms with Gasteiger partial charge in [0.2, 0.25) is 0 Å². The lowest BCUT2D eigenvalue weighted by Crippen LogP contribution is -2.08. The van der Waals surface area contributed by atoms with Crippen LogP contribution in [0.1, 0.15) is 13.8 Å². The summed E-state index contributed by atoms with van der Waals surface area (Å²) in [7, 11) is -3.14. The zero-order valence-electron chi connectivity index (χ0n) is 4.92. The van der Waals surface area contributed by atoms with Crippen LogP contribution in [0.25, 0.3) is 0 Å². The van der Waals surface area contributed by atoms with E-state index in [0.717, 1.165) is 0 Å². The monoisotopic (exact) mass is 153 g/mol. The minimum absolute atomic E-state index is 0.113. The van der Waals surface area contributed by atoms with E-state index in [2.05, 4.69) is 11.2 Å². The highest BCUT2D eigenvalue weighted by Gasteiger charge is 1.94. The predicted molar refractivity (Wildman–Crippen MR) is 36.0 cm³/mol. The van der Waals surface area contributed by atoms with Crippen molar-refractivity contribution in [1.29, 1.82) is 0 Å². The molecule has 0 aliphatic carbocycles. The summed E-state index contributed by atoms with van der Waals surface area (Å²) in [6.45, 7) is 3.65. The first-order valence-electron chi connectivity index (χ1n) is 2.35. The summed E-state index contributed by atoms with van der Waals surface area (Å²) in [5.41, 5.74) is 0. The smallest absolute Gasteiger partial charge is 0.0158 e. The van der Waals surface area contributed by atoms with Gasteiger partial charge in [0.15, 0.2) is 0 Å². The molecule has 0 amide bonds. The molecule has 50 valence electrons. The summed E-state index contributed by atoms with van der Waals surface area (Å²) >= 11 is 4.13. The van der Waals surface area contributed by atoms with E-state index in [4.69, 9.17) is 0 Å². The van der Waals surface area contributed by atoms with Gasteiger partial charge in [-0.3, -0.25) is 4.21 Å². The van der Waals surface area contributed by atoms with E-state index in [9.17, 15) is 8.76 Å². The molecule has 0 saturated heterocycles. The lowest BCUT2D eigenvalue weighted by Gasteiger charge is -2.11. The van der Waals surface area contributed by atoms with Gasteiger partial charge in [-0.15, -0.1) is 0 Å². The highest BCUT2D eigenvalue weighted by atomic mass is 32.8. The summed E-state index contributed by atoms with van der Waals surface area (Å²) in [6, 6.07) is 0. The van der Waals surface area contributed by atoms with Crippen LogP contribution in [0.5, 0.6) is 0 Å². The standard InChI is InChI=1S/C4H10O2S2/c1-4(2)3-8(5,6)7/h4H,3H2,1-2H3,(H,5,6,7)/p-1. The minimum Gasteiger partial charge on any atom is -0.769 e.